The highest BCUT2D eigenvalue weighted by atomic mass is 32.1. The fourth-order valence-corrected chi connectivity index (χ4v) is 4.78. The average Bonchev–Trinajstić information content (AvgIpc) is 3.22. The Kier molecular flexibility index (Phi) is 4.55. The van der Waals surface area contributed by atoms with Crippen LogP contribution >= 0.6 is 11.3 Å². The van der Waals surface area contributed by atoms with Crippen molar-refractivity contribution >= 4 is 39.3 Å². The number of amides is 3. The molecule has 1 aliphatic carbocycles. The van der Waals surface area contributed by atoms with E-state index < -0.39 is 0 Å². The molecule has 7 heteroatoms. The molecule has 4 rings (SSSR count). The number of rotatable bonds is 4. The average molecular weight is 383 g/mol. The lowest BCUT2D eigenvalue weighted by atomic mass is 9.85. The van der Waals surface area contributed by atoms with Gasteiger partial charge in [0.1, 0.15) is 11.6 Å². The van der Waals surface area contributed by atoms with Crippen LogP contribution in [0.1, 0.15) is 30.8 Å². The number of thiazole rings is 1. The summed E-state index contributed by atoms with van der Waals surface area (Å²) in [6.45, 7) is 1.71. The number of hydrogen-bond acceptors (Lipinski definition) is 5. The third-order valence-electron chi connectivity index (χ3n) is 5.53. The van der Waals surface area contributed by atoms with Crippen LogP contribution in [0.5, 0.6) is 0 Å². The predicted octanol–water partition coefficient (Wildman–Crippen LogP) is 2.77. The van der Waals surface area contributed by atoms with E-state index in [4.69, 9.17) is 0 Å². The van der Waals surface area contributed by atoms with Gasteiger partial charge in [0.2, 0.25) is 17.7 Å². The largest absolute Gasteiger partial charge is 0.335 e. The van der Waals surface area contributed by atoms with Crippen molar-refractivity contribution in [3.8, 4) is 0 Å². The molecule has 3 amide bonds. The Labute approximate surface area is 161 Å². The van der Waals surface area contributed by atoms with Crippen LogP contribution in [-0.2, 0) is 14.4 Å². The molecule has 1 aromatic carbocycles. The number of hydrogen-bond donors (Lipinski definition) is 0. The number of benzene rings is 1. The summed E-state index contributed by atoms with van der Waals surface area (Å²) in [5.41, 5.74) is 0.909. The minimum Gasteiger partial charge on any atom is -0.335 e. The van der Waals surface area contributed by atoms with Gasteiger partial charge >= 0.3 is 0 Å². The SMILES string of the molecule is C[C@@H](c1nc2ccccc2s1)N(C)C(=O)CN1C(=O)[C@H]2CC=CC[C@H]2C1=O. The van der Waals surface area contributed by atoms with Crippen molar-refractivity contribution in [3.05, 3.63) is 41.4 Å². The maximum absolute atomic E-state index is 12.8. The Hall–Kier alpha value is -2.54. The number of likely N-dealkylation sites (tertiary alicyclic amines) is 1. The molecule has 27 heavy (non-hydrogen) atoms. The van der Waals surface area contributed by atoms with E-state index in [0.29, 0.717) is 12.8 Å². The third-order valence-corrected chi connectivity index (χ3v) is 6.74. The first-order valence-electron chi connectivity index (χ1n) is 9.08. The van der Waals surface area contributed by atoms with E-state index in [2.05, 4.69) is 4.98 Å². The zero-order chi connectivity index (χ0) is 19.1. The molecule has 2 heterocycles. The topological polar surface area (TPSA) is 70.6 Å². The van der Waals surface area contributed by atoms with Crippen LogP contribution in [0.15, 0.2) is 36.4 Å². The van der Waals surface area contributed by atoms with Crippen LogP contribution < -0.4 is 0 Å². The minimum atomic E-state index is -0.303. The summed E-state index contributed by atoms with van der Waals surface area (Å²) in [6, 6.07) is 7.61. The van der Waals surface area contributed by atoms with E-state index in [1.54, 1.807) is 23.3 Å². The Morgan fingerprint density at radius 1 is 1.22 bits per heavy atom. The second kappa shape index (κ2) is 6.88. The van der Waals surface area contributed by atoms with Gasteiger partial charge in [0.15, 0.2) is 0 Å². The summed E-state index contributed by atoms with van der Waals surface area (Å²) in [4.78, 5) is 45.2. The normalized spacial score (nSPS) is 23.0. The van der Waals surface area contributed by atoms with Gasteiger partial charge in [-0.1, -0.05) is 24.3 Å². The summed E-state index contributed by atoms with van der Waals surface area (Å²) >= 11 is 1.55. The minimum absolute atomic E-state index is 0.198. The van der Waals surface area contributed by atoms with Crippen molar-refractivity contribution in [3.63, 3.8) is 0 Å². The highest BCUT2D eigenvalue weighted by molar-refractivity contribution is 7.18. The number of carbonyl (C=O) groups is 3. The standard InChI is InChI=1S/C20H21N3O3S/c1-12(18-21-15-9-5-6-10-16(15)27-18)22(2)17(24)11-23-19(25)13-7-3-4-8-14(13)20(23)26/h3-6,9-10,12-14H,7-8,11H2,1-2H3/t12-,13-,14+/m0/s1. The maximum Gasteiger partial charge on any atom is 0.243 e. The van der Waals surface area contributed by atoms with Crippen molar-refractivity contribution in [1.29, 1.82) is 0 Å². The third kappa shape index (κ3) is 3.06. The zero-order valence-electron chi connectivity index (χ0n) is 15.3. The molecule has 3 atom stereocenters. The Balaban J connectivity index is 1.47. The maximum atomic E-state index is 12.8. The summed E-state index contributed by atoms with van der Waals surface area (Å²) in [5, 5.41) is 0.837. The molecule has 0 N–H and O–H groups in total. The molecule has 0 bridgehead atoms. The van der Waals surface area contributed by atoms with Gasteiger partial charge in [-0.15, -0.1) is 11.3 Å². The molecule has 0 spiro atoms. The predicted molar refractivity (Wildman–Crippen MR) is 103 cm³/mol. The number of likely N-dealkylation sites (N-methyl/N-ethyl adjacent to an activating group) is 1. The van der Waals surface area contributed by atoms with Crippen molar-refractivity contribution in [2.24, 2.45) is 11.8 Å². The lowest BCUT2D eigenvalue weighted by Gasteiger charge is -2.25. The summed E-state index contributed by atoms with van der Waals surface area (Å²) in [6.07, 6.45) is 5.05. The van der Waals surface area contributed by atoms with Gasteiger partial charge in [0, 0.05) is 7.05 Å². The van der Waals surface area contributed by atoms with Gasteiger partial charge in [0.25, 0.3) is 0 Å². The number of imide groups is 1. The highest BCUT2D eigenvalue weighted by Gasteiger charge is 2.47. The van der Waals surface area contributed by atoms with Crippen LogP contribution in [0.4, 0.5) is 0 Å². The van der Waals surface area contributed by atoms with Gasteiger partial charge in [-0.2, -0.15) is 0 Å². The first-order valence-corrected chi connectivity index (χ1v) is 9.90. The molecule has 1 fully saturated rings. The van der Waals surface area contributed by atoms with Crippen molar-refractivity contribution in [1.82, 2.24) is 14.8 Å². The Morgan fingerprint density at radius 2 is 1.85 bits per heavy atom. The lowest BCUT2D eigenvalue weighted by molar-refractivity contribution is -0.146. The Morgan fingerprint density at radius 3 is 2.48 bits per heavy atom. The molecule has 2 aromatic rings. The fourth-order valence-electron chi connectivity index (χ4n) is 3.72. The number of fused-ring (bicyclic) bond motifs is 2. The molecule has 140 valence electrons. The van der Waals surface area contributed by atoms with E-state index in [1.165, 1.54) is 0 Å². The molecule has 1 saturated heterocycles. The number of para-hydroxylation sites is 1. The van der Waals surface area contributed by atoms with Crippen LogP contribution in [0, 0.1) is 11.8 Å². The fraction of sp³-hybridized carbons (Fsp3) is 0.400. The molecule has 1 aliphatic heterocycles. The summed E-state index contributed by atoms with van der Waals surface area (Å²) < 4.78 is 1.07. The van der Waals surface area contributed by atoms with E-state index in [0.717, 1.165) is 20.1 Å². The molecule has 1 aromatic heterocycles. The molecule has 0 unspecified atom stereocenters. The van der Waals surface area contributed by atoms with Crippen molar-refractivity contribution in [2.45, 2.75) is 25.8 Å². The van der Waals surface area contributed by atoms with Gasteiger partial charge in [0.05, 0.1) is 28.1 Å². The lowest BCUT2D eigenvalue weighted by Crippen LogP contribution is -2.42. The number of aromatic nitrogens is 1. The van der Waals surface area contributed by atoms with E-state index in [1.807, 2.05) is 43.3 Å². The quantitative estimate of drug-likeness (QED) is 0.601. The van der Waals surface area contributed by atoms with Gasteiger partial charge < -0.3 is 4.90 Å². The monoisotopic (exact) mass is 383 g/mol. The molecular weight excluding hydrogens is 362 g/mol. The first kappa shape index (κ1) is 17.9. The van der Waals surface area contributed by atoms with Crippen LogP contribution in [0.3, 0.4) is 0 Å². The van der Waals surface area contributed by atoms with E-state index in [9.17, 15) is 14.4 Å². The van der Waals surface area contributed by atoms with Crippen molar-refractivity contribution < 1.29 is 14.4 Å². The van der Waals surface area contributed by atoms with Crippen LogP contribution in [0.2, 0.25) is 0 Å². The molecule has 2 aliphatic rings. The second-order valence-electron chi connectivity index (χ2n) is 7.12. The highest BCUT2D eigenvalue weighted by Crippen LogP contribution is 2.35. The van der Waals surface area contributed by atoms with E-state index >= 15 is 0 Å². The summed E-state index contributed by atoms with van der Waals surface area (Å²) in [5.74, 6) is -1.30. The van der Waals surface area contributed by atoms with E-state index in [-0.39, 0.29) is 42.1 Å². The number of carbonyl (C=O) groups excluding carboxylic acids is 3. The van der Waals surface area contributed by atoms with Gasteiger partial charge in [-0.05, 0) is 31.9 Å². The van der Waals surface area contributed by atoms with Gasteiger partial charge in [-0.25, -0.2) is 4.98 Å². The van der Waals surface area contributed by atoms with Gasteiger partial charge in [-0.3, -0.25) is 19.3 Å². The molecule has 0 saturated carbocycles. The van der Waals surface area contributed by atoms with Crippen LogP contribution in [0.25, 0.3) is 10.2 Å². The molecule has 0 radical (unpaired) electrons. The van der Waals surface area contributed by atoms with Crippen LogP contribution in [-0.4, -0.2) is 46.1 Å². The van der Waals surface area contributed by atoms with Crippen molar-refractivity contribution in [2.75, 3.05) is 13.6 Å². The first-order chi connectivity index (χ1) is 13.0. The number of allylic oxidation sites excluding steroid dienone is 2. The number of nitrogens with zero attached hydrogens (tertiary/aromatic N) is 3. The Bertz CT molecular complexity index is 892. The smallest absolute Gasteiger partial charge is 0.243 e. The summed E-state index contributed by atoms with van der Waals surface area (Å²) in [7, 11) is 1.69. The second-order valence-corrected chi connectivity index (χ2v) is 8.18. The zero-order valence-corrected chi connectivity index (χ0v) is 16.1. The molecule has 6 nitrogen and oxygen atoms in total. The molecular formula is C20H21N3O3S.